The molecule has 0 fully saturated rings. The van der Waals surface area contributed by atoms with Crippen LogP contribution < -0.4 is 15.8 Å². The van der Waals surface area contributed by atoms with Crippen LogP contribution in [0.15, 0.2) is 36.4 Å². The van der Waals surface area contributed by atoms with E-state index in [2.05, 4.69) is 5.32 Å². The van der Waals surface area contributed by atoms with E-state index in [1.165, 1.54) is 0 Å². The highest BCUT2D eigenvalue weighted by Gasteiger charge is 2.24. The Morgan fingerprint density at radius 1 is 1.24 bits per heavy atom. The summed E-state index contributed by atoms with van der Waals surface area (Å²) in [7, 11) is 1.64. The van der Waals surface area contributed by atoms with Crippen LogP contribution in [-0.2, 0) is 11.2 Å². The van der Waals surface area contributed by atoms with E-state index < -0.39 is 0 Å². The summed E-state index contributed by atoms with van der Waals surface area (Å²) in [6, 6.07) is 11.5. The number of amides is 1. The fraction of sp³-hybridized carbons (Fsp3) is 0.235. The first-order valence-corrected chi connectivity index (χ1v) is 6.91. The molecule has 1 unspecified atom stereocenters. The number of fused-ring (bicyclic) bond motifs is 1. The Balaban J connectivity index is 2.01. The first-order valence-electron chi connectivity index (χ1n) is 6.91. The maximum absolute atomic E-state index is 11.6. The number of aryl methyl sites for hydroxylation is 1. The Bertz CT molecular complexity index is 693. The monoisotopic (exact) mass is 282 g/mol. The third-order valence-corrected chi connectivity index (χ3v) is 3.82. The molecule has 0 aliphatic carbocycles. The first kappa shape index (κ1) is 13.6. The molecular weight excluding hydrogens is 264 g/mol. The fourth-order valence-corrected chi connectivity index (χ4v) is 2.78. The van der Waals surface area contributed by atoms with Gasteiger partial charge in [-0.15, -0.1) is 0 Å². The molecule has 3 rings (SSSR count). The number of hydrogen-bond donors (Lipinski definition) is 2. The number of carbonyl (C=O) groups excluding carboxylic acids is 1. The van der Waals surface area contributed by atoms with Crippen molar-refractivity contribution in [2.75, 3.05) is 12.4 Å². The van der Waals surface area contributed by atoms with E-state index in [0.717, 1.165) is 33.7 Å². The lowest BCUT2D eigenvalue weighted by Gasteiger charge is -2.17. The van der Waals surface area contributed by atoms with Crippen molar-refractivity contribution in [2.24, 2.45) is 5.73 Å². The van der Waals surface area contributed by atoms with Crippen LogP contribution in [0.25, 0.3) is 0 Å². The van der Waals surface area contributed by atoms with Gasteiger partial charge in [-0.05, 0) is 35.7 Å². The number of nitrogens with two attached hydrogens (primary N) is 1. The van der Waals surface area contributed by atoms with Crippen LogP contribution in [0.5, 0.6) is 5.75 Å². The predicted molar refractivity (Wildman–Crippen MR) is 82.5 cm³/mol. The largest absolute Gasteiger partial charge is 0.497 e. The normalized spacial score (nSPS) is 14.5. The zero-order valence-corrected chi connectivity index (χ0v) is 12.1. The fourth-order valence-electron chi connectivity index (χ4n) is 2.78. The highest BCUT2D eigenvalue weighted by atomic mass is 16.5. The second-order valence-electron chi connectivity index (χ2n) is 5.36. The number of nitrogens with one attached hydrogen (secondary N) is 1. The van der Waals surface area contributed by atoms with E-state index >= 15 is 0 Å². The van der Waals surface area contributed by atoms with Crippen LogP contribution >= 0.6 is 0 Å². The molecule has 21 heavy (non-hydrogen) atoms. The van der Waals surface area contributed by atoms with Gasteiger partial charge in [-0.25, -0.2) is 0 Å². The van der Waals surface area contributed by atoms with Gasteiger partial charge in [-0.3, -0.25) is 4.79 Å². The number of rotatable bonds is 3. The van der Waals surface area contributed by atoms with Gasteiger partial charge in [0.2, 0.25) is 5.91 Å². The summed E-state index contributed by atoms with van der Waals surface area (Å²) in [5.41, 5.74) is 11.4. The van der Waals surface area contributed by atoms with E-state index in [-0.39, 0.29) is 11.9 Å². The van der Waals surface area contributed by atoms with E-state index in [9.17, 15) is 4.79 Å². The van der Waals surface area contributed by atoms with Crippen molar-refractivity contribution in [3.05, 3.63) is 58.7 Å². The van der Waals surface area contributed by atoms with E-state index in [1.54, 1.807) is 7.11 Å². The molecule has 2 aromatic carbocycles. The van der Waals surface area contributed by atoms with Gasteiger partial charge in [0.1, 0.15) is 5.75 Å². The summed E-state index contributed by atoms with van der Waals surface area (Å²) >= 11 is 0. The Kier molecular flexibility index (Phi) is 3.39. The van der Waals surface area contributed by atoms with Crippen molar-refractivity contribution < 1.29 is 9.53 Å². The summed E-state index contributed by atoms with van der Waals surface area (Å²) in [6.45, 7) is 2.02. The van der Waals surface area contributed by atoms with Crippen LogP contribution in [-0.4, -0.2) is 13.0 Å². The number of carbonyl (C=O) groups is 1. The molecule has 1 aliphatic rings. The molecule has 3 N–H and O–H groups in total. The first-order chi connectivity index (χ1) is 10.1. The Morgan fingerprint density at radius 3 is 2.62 bits per heavy atom. The lowest BCUT2D eigenvalue weighted by molar-refractivity contribution is -0.115. The van der Waals surface area contributed by atoms with Crippen molar-refractivity contribution in [2.45, 2.75) is 19.4 Å². The molecule has 4 nitrogen and oxygen atoms in total. The highest BCUT2D eigenvalue weighted by Crippen LogP contribution is 2.34. The van der Waals surface area contributed by atoms with Crippen LogP contribution in [0, 0.1) is 6.92 Å². The number of hydrogen-bond acceptors (Lipinski definition) is 3. The lowest BCUT2D eigenvalue weighted by Crippen LogP contribution is -2.14. The number of anilines is 1. The molecule has 0 radical (unpaired) electrons. The maximum atomic E-state index is 11.6. The number of methoxy groups -OCH3 is 1. The summed E-state index contributed by atoms with van der Waals surface area (Å²) in [5, 5.41) is 2.92. The van der Waals surface area contributed by atoms with Gasteiger partial charge >= 0.3 is 0 Å². The second kappa shape index (κ2) is 5.22. The van der Waals surface area contributed by atoms with Crippen molar-refractivity contribution in [1.29, 1.82) is 0 Å². The zero-order chi connectivity index (χ0) is 15.0. The molecule has 0 saturated heterocycles. The quantitative estimate of drug-likeness (QED) is 0.909. The molecule has 0 bridgehead atoms. The standard InChI is InChI=1S/C17H18N2O2/c1-10-7-12-9-15(20)19-17(12)14(8-10)16(18)11-3-5-13(21-2)6-4-11/h3-8,16H,9,18H2,1-2H3,(H,19,20). The van der Waals surface area contributed by atoms with E-state index in [1.807, 2.05) is 43.3 Å². The molecule has 0 aromatic heterocycles. The molecule has 0 saturated carbocycles. The molecule has 0 spiro atoms. The van der Waals surface area contributed by atoms with Crippen LogP contribution in [0.2, 0.25) is 0 Å². The summed E-state index contributed by atoms with van der Waals surface area (Å²) < 4.78 is 5.16. The van der Waals surface area contributed by atoms with Crippen LogP contribution in [0.1, 0.15) is 28.3 Å². The predicted octanol–water partition coefficient (Wildman–Crippen LogP) is 2.55. The third-order valence-electron chi connectivity index (χ3n) is 3.82. The molecule has 1 atom stereocenters. The average Bonchev–Trinajstić information content (AvgIpc) is 2.85. The average molecular weight is 282 g/mol. The minimum absolute atomic E-state index is 0.0266. The van der Waals surface area contributed by atoms with Crippen LogP contribution in [0.4, 0.5) is 5.69 Å². The second-order valence-corrected chi connectivity index (χ2v) is 5.36. The van der Waals surface area contributed by atoms with Gasteiger partial charge in [-0.1, -0.05) is 29.8 Å². The SMILES string of the molecule is COc1ccc(C(N)c2cc(C)cc3c2NC(=O)C3)cc1. The van der Waals surface area contributed by atoms with Crippen LogP contribution in [0.3, 0.4) is 0 Å². The molecule has 1 amide bonds. The van der Waals surface area contributed by atoms with Gasteiger partial charge < -0.3 is 15.8 Å². The van der Waals surface area contributed by atoms with Gasteiger partial charge in [0.15, 0.2) is 0 Å². The Morgan fingerprint density at radius 2 is 1.95 bits per heavy atom. The zero-order valence-electron chi connectivity index (χ0n) is 12.1. The van der Waals surface area contributed by atoms with Gasteiger partial charge in [-0.2, -0.15) is 0 Å². The van der Waals surface area contributed by atoms with Crippen molar-refractivity contribution in [3.8, 4) is 5.75 Å². The molecule has 2 aromatic rings. The number of benzene rings is 2. The van der Waals surface area contributed by atoms with E-state index in [4.69, 9.17) is 10.5 Å². The molecule has 108 valence electrons. The molecule has 1 heterocycles. The minimum Gasteiger partial charge on any atom is -0.497 e. The van der Waals surface area contributed by atoms with Crippen molar-refractivity contribution >= 4 is 11.6 Å². The van der Waals surface area contributed by atoms with E-state index in [0.29, 0.717) is 6.42 Å². The lowest BCUT2D eigenvalue weighted by atomic mass is 9.94. The molecule has 4 heteroatoms. The van der Waals surface area contributed by atoms with Gasteiger partial charge in [0.25, 0.3) is 0 Å². The molecular formula is C17H18N2O2. The topological polar surface area (TPSA) is 64.3 Å². The minimum atomic E-state index is -0.275. The summed E-state index contributed by atoms with van der Waals surface area (Å²) in [5.74, 6) is 0.826. The number of ether oxygens (including phenoxy) is 1. The maximum Gasteiger partial charge on any atom is 0.228 e. The Hall–Kier alpha value is -2.33. The van der Waals surface area contributed by atoms with Crippen molar-refractivity contribution in [3.63, 3.8) is 0 Å². The summed E-state index contributed by atoms with van der Waals surface area (Å²) in [6.07, 6.45) is 0.430. The smallest absolute Gasteiger partial charge is 0.228 e. The van der Waals surface area contributed by atoms with Gasteiger partial charge in [0.05, 0.1) is 19.6 Å². The highest BCUT2D eigenvalue weighted by molar-refractivity contribution is 6.00. The van der Waals surface area contributed by atoms with Gasteiger partial charge in [0, 0.05) is 5.69 Å². The Labute approximate surface area is 123 Å². The van der Waals surface area contributed by atoms with Crippen molar-refractivity contribution in [1.82, 2.24) is 0 Å². The third kappa shape index (κ3) is 2.50. The summed E-state index contributed by atoms with van der Waals surface area (Å²) in [4.78, 5) is 11.6. The molecule has 1 aliphatic heterocycles.